The highest BCUT2D eigenvalue weighted by Gasteiger charge is 2.57. The van der Waals surface area contributed by atoms with Crippen molar-refractivity contribution in [2.24, 2.45) is 29.1 Å². The fourth-order valence-corrected chi connectivity index (χ4v) is 8.81. The van der Waals surface area contributed by atoms with Crippen LogP contribution in [-0.4, -0.2) is 92.9 Å². The van der Waals surface area contributed by atoms with Gasteiger partial charge < -0.3 is 20.1 Å². The van der Waals surface area contributed by atoms with Crippen LogP contribution in [-0.2, 0) is 20.9 Å². The van der Waals surface area contributed by atoms with Gasteiger partial charge in [0, 0.05) is 53.8 Å². The van der Waals surface area contributed by atoms with Crippen LogP contribution in [0.1, 0.15) is 76.7 Å². The number of hydroxylamine groups is 2. The third-order valence-corrected chi connectivity index (χ3v) is 13.7. The molecule has 2 radical (unpaired) electrons. The molecule has 2 aromatic carbocycles. The number of hydrogen-bond acceptors (Lipinski definition) is 8. The van der Waals surface area contributed by atoms with Crippen molar-refractivity contribution in [1.29, 1.82) is 0 Å². The predicted molar refractivity (Wildman–Crippen MR) is 198 cm³/mol. The van der Waals surface area contributed by atoms with Crippen molar-refractivity contribution in [3.05, 3.63) is 63.7 Å². The first kappa shape index (κ1) is 39.1. The normalized spacial score (nSPS) is 27.8. The standard InChI is InChI=1S/C39H56N4O7Si/c1-23-30-19-28(39(30,5)6)20-31(23)40-36(45)35-34(24(2)44)33(22-49-16-15-38(3,4)51-9)50-42(35)21-25-11-10-12-26(17-25)29-14-13-27(37(46)41(7)8)18-32(29)43(47)48/h10-14,17-18,23-24,28,30-31,33-35,44H,15-16,19-22H2,1-9H3,(H,40,45)/t23-,24-,28+,30-,31-,33?,34+,35-/m0/s1. The van der Waals surface area contributed by atoms with E-state index in [0.29, 0.717) is 35.5 Å². The van der Waals surface area contributed by atoms with Gasteiger partial charge >= 0.3 is 0 Å². The third kappa shape index (κ3) is 8.25. The summed E-state index contributed by atoms with van der Waals surface area (Å²) in [6, 6.07) is 11.1. The number of fused-ring (bicyclic) bond motifs is 2. The Hall–Kier alpha value is -3.16. The van der Waals surface area contributed by atoms with E-state index in [2.05, 4.69) is 46.5 Å². The Morgan fingerprint density at radius 3 is 2.55 bits per heavy atom. The van der Waals surface area contributed by atoms with E-state index in [4.69, 9.17) is 9.57 Å². The number of amides is 2. The molecule has 2 amide bonds. The van der Waals surface area contributed by atoms with Crippen molar-refractivity contribution >= 4 is 27.0 Å². The molecule has 0 aromatic heterocycles. The van der Waals surface area contributed by atoms with Gasteiger partial charge in [-0.25, -0.2) is 0 Å². The van der Waals surface area contributed by atoms with Gasteiger partial charge in [0.15, 0.2) is 0 Å². The first-order valence-electron chi connectivity index (χ1n) is 18.2. The maximum absolute atomic E-state index is 14.4. The Kier molecular flexibility index (Phi) is 11.8. The number of ether oxygens (including phenoxy) is 1. The highest BCUT2D eigenvalue weighted by molar-refractivity contribution is 6.37. The lowest BCUT2D eigenvalue weighted by Crippen LogP contribution is -2.62. The van der Waals surface area contributed by atoms with Crippen molar-refractivity contribution < 1.29 is 29.2 Å². The number of nitrogens with one attached hydrogen (secondary N) is 1. The van der Waals surface area contributed by atoms with Gasteiger partial charge in [0.2, 0.25) is 5.91 Å². The zero-order valence-electron chi connectivity index (χ0n) is 31.6. The Bertz CT molecular complexity index is 1600. The fraction of sp³-hybridized carbons (Fsp3) is 0.641. The minimum Gasteiger partial charge on any atom is -0.393 e. The number of carbonyl (C=O) groups excluding carboxylic acids is 2. The molecule has 1 heterocycles. The van der Waals surface area contributed by atoms with Crippen LogP contribution in [0.25, 0.3) is 11.1 Å². The van der Waals surface area contributed by atoms with Crippen molar-refractivity contribution in [1.82, 2.24) is 15.3 Å². The molecule has 1 unspecified atom stereocenters. The topological polar surface area (TPSA) is 134 Å². The summed E-state index contributed by atoms with van der Waals surface area (Å²) >= 11 is 0. The highest BCUT2D eigenvalue weighted by atomic mass is 28.2. The van der Waals surface area contributed by atoms with E-state index >= 15 is 0 Å². The number of aliphatic hydroxyl groups is 1. The molecule has 8 atom stereocenters. The van der Waals surface area contributed by atoms with Crippen LogP contribution in [0.3, 0.4) is 0 Å². The first-order valence-corrected chi connectivity index (χ1v) is 19.7. The lowest BCUT2D eigenvalue weighted by atomic mass is 9.45. The lowest BCUT2D eigenvalue weighted by Gasteiger charge is -2.62. The van der Waals surface area contributed by atoms with Gasteiger partial charge in [-0.05, 0) is 83.7 Å². The Morgan fingerprint density at radius 2 is 1.94 bits per heavy atom. The summed E-state index contributed by atoms with van der Waals surface area (Å²) in [6.07, 6.45) is 1.64. The molecule has 1 saturated heterocycles. The van der Waals surface area contributed by atoms with Crippen LogP contribution >= 0.6 is 0 Å². The average Bonchev–Trinajstić information content (AvgIpc) is 3.44. The summed E-state index contributed by atoms with van der Waals surface area (Å²) in [5, 5.41) is 28.5. The molecule has 2 aromatic rings. The summed E-state index contributed by atoms with van der Waals surface area (Å²) in [5.41, 5.74) is 2.10. The SMILES string of the molecule is C[Si]C(C)(C)CCOCC1ON(Cc2cccc(-c3ccc(C(=O)N(C)C)cc3[N+](=O)[O-])c2)[C@H](C(=O)N[C@H]2C[C@H]3C[C@@H]([C@@H]2C)C3(C)C)[C@@H]1[C@H](C)O. The largest absolute Gasteiger partial charge is 0.393 e. The summed E-state index contributed by atoms with van der Waals surface area (Å²) < 4.78 is 6.14. The monoisotopic (exact) mass is 720 g/mol. The number of nitro groups is 1. The second-order valence-electron chi connectivity index (χ2n) is 16.4. The van der Waals surface area contributed by atoms with E-state index < -0.39 is 29.1 Å². The van der Waals surface area contributed by atoms with Crippen LogP contribution in [0.4, 0.5) is 5.69 Å². The smallest absolute Gasteiger partial charge is 0.277 e. The van der Waals surface area contributed by atoms with Crippen molar-refractivity contribution in [2.45, 2.75) is 103 Å². The van der Waals surface area contributed by atoms with E-state index in [1.807, 2.05) is 18.2 Å². The van der Waals surface area contributed by atoms with Crippen molar-refractivity contribution in [2.75, 3.05) is 27.3 Å². The van der Waals surface area contributed by atoms with Crippen molar-refractivity contribution in [3.8, 4) is 11.1 Å². The molecule has 51 heavy (non-hydrogen) atoms. The fourth-order valence-electron chi connectivity index (χ4n) is 8.46. The maximum Gasteiger partial charge on any atom is 0.277 e. The number of hydrogen-bond donors (Lipinski definition) is 2. The van der Waals surface area contributed by atoms with Gasteiger partial charge in [0.25, 0.3) is 11.6 Å². The molecule has 278 valence electrons. The van der Waals surface area contributed by atoms with Gasteiger partial charge in [-0.3, -0.25) is 24.5 Å². The molecule has 0 spiro atoms. The molecule has 11 nitrogen and oxygen atoms in total. The number of benzene rings is 2. The van der Waals surface area contributed by atoms with E-state index in [1.54, 1.807) is 44.3 Å². The van der Waals surface area contributed by atoms with Gasteiger partial charge in [-0.2, -0.15) is 5.06 Å². The molecule has 12 heteroatoms. The summed E-state index contributed by atoms with van der Waals surface area (Å²) in [7, 11) is 3.98. The molecule has 4 aliphatic rings. The van der Waals surface area contributed by atoms with E-state index in [0.717, 1.165) is 27.9 Å². The van der Waals surface area contributed by atoms with Crippen LogP contribution in [0.15, 0.2) is 42.5 Å². The Morgan fingerprint density at radius 1 is 1.22 bits per heavy atom. The molecule has 3 saturated carbocycles. The second kappa shape index (κ2) is 15.4. The zero-order chi connectivity index (χ0) is 37.4. The zero-order valence-corrected chi connectivity index (χ0v) is 32.6. The highest BCUT2D eigenvalue weighted by Crippen LogP contribution is 2.61. The Labute approximate surface area is 305 Å². The molecule has 6 rings (SSSR count). The predicted octanol–water partition coefficient (Wildman–Crippen LogP) is 5.99. The first-order chi connectivity index (χ1) is 23.9. The van der Waals surface area contributed by atoms with Gasteiger partial charge in [0.05, 0.1) is 29.7 Å². The number of carbonyl (C=O) groups is 2. The van der Waals surface area contributed by atoms with E-state index in [1.165, 1.54) is 17.4 Å². The number of nitrogens with zero attached hydrogens (tertiary/aromatic N) is 3. The molecule has 2 N–H and O–H groups in total. The van der Waals surface area contributed by atoms with Crippen LogP contribution in [0.5, 0.6) is 0 Å². The summed E-state index contributed by atoms with van der Waals surface area (Å²) in [4.78, 5) is 46.5. The lowest BCUT2D eigenvalue weighted by molar-refractivity contribution is -0.384. The van der Waals surface area contributed by atoms with Crippen LogP contribution < -0.4 is 5.32 Å². The van der Waals surface area contributed by atoms with Crippen LogP contribution in [0.2, 0.25) is 11.6 Å². The molecule has 1 aliphatic heterocycles. The van der Waals surface area contributed by atoms with E-state index in [-0.39, 0.29) is 52.7 Å². The molecule has 2 bridgehead atoms. The number of nitro benzene ring substituents is 1. The van der Waals surface area contributed by atoms with Crippen LogP contribution in [0, 0.1) is 39.2 Å². The van der Waals surface area contributed by atoms with E-state index in [9.17, 15) is 24.8 Å². The molecule has 3 aliphatic carbocycles. The van der Waals surface area contributed by atoms with Gasteiger partial charge in [0.1, 0.15) is 12.1 Å². The average molecular weight is 721 g/mol. The van der Waals surface area contributed by atoms with Gasteiger partial charge in [-0.15, -0.1) is 0 Å². The summed E-state index contributed by atoms with van der Waals surface area (Å²) in [5.74, 6) is 0.438. The minimum atomic E-state index is -0.846. The number of rotatable bonds is 14. The molecular weight excluding hydrogens is 665 g/mol. The minimum absolute atomic E-state index is 0.0457. The maximum atomic E-state index is 14.4. The quantitative estimate of drug-likeness (QED) is 0.105. The summed E-state index contributed by atoms with van der Waals surface area (Å²) in [6.45, 7) is 16.2. The second-order valence-corrected chi connectivity index (χ2v) is 18.3. The molecule has 4 fully saturated rings. The van der Waals surface area contributed by atoms with Gasteiger partial charge in [-0.1, -0.05) is 59.4 Å². The third-order valence-electron chi connectivity index (χ3n) is 12.1. The Balaban J connectivity index is 1.41. The molecular formula is C39H56N4O7Si. The number of aliphatic hydroxyl groups excluding tert-OH is 1. The van der Waals surface area contributed by atoms with Crippen molar-refractivity contribution in [3.63, 3.8) is 0 Å².